The molecule has 1 N–H and O–H groups in total. The van der Waals surface area contributed by atoms with Gasteiger partial charge >= 0.3 is 11.9 Å². The van der Waals surface area contributed by atoms with Gasteiger partial charge in [0.25, 0.3) is 0 Å². The molecule has 0 saturated carbocycles. The number of carbonyl (C=O) groups is 3. The van der Waals surface area contributed by atoms with Gasteiger partial charge in [0.15, 0.2) is 0 Å². The third-order valence-corrected chi connectivity index (χ3v) is 4.84. The summed E-state index contributed by atoms with van der Waals surface area (Å²) in [5.41, 5.74) is -0.553. The van der Waals surface area contributed by atoms with Crippen LogP contribution in [0.15, 0.2) is 67.3 Å². The number of unbranched alkanes of at least 4 members (excludes halogenated alkanes) is 7. The van der Waals surface area contributed by atoms with Crippen LogP contribution in [0.25, 0.3) is 0 Å². The highest BCUT2D eigenvalue weighted by molar-refractivity contribution is 6.00. The predicted octanol–water partition coefficient (Wildman–Crippen LogP) is 4.66. The van der Waals surface area contributed by atoms with Gasteiger partial charge in [-0.05, 0) is 31.0 Å². The number of esters is 1. The lowest BCUT2D eigenvalue weighted by molar-refractivity contribution is -0.255. The van der Waals surface area contributed by atoms with Gasteiger partial charge in [0.1, 0.15) is 5.75 Å². The van der Waals surface area contributed by atoms with E-state index in [2.05, 4.69) is 6.58 Å². The minimum absolute atomic E-state index is 0.252. The van der Waals surface area contributed by atoms with Crippen molar-refractivity contribution in [1.82, 2.24) is 0 Å². The van der Waals surface area contributed by atoms with Gasteiger partial charge < -0.3 is 24.5 Å². The van der Waals surface area contributed by atoms with Gasteiger partial charge in [-0.2, -0.15) is 0 Å². The quantitative estimate of drug-likeness (QED) is 0.229. The summed E-state index contributed by atoms with van der Waals surface area (Å²) in [6.45, 7) is 4.68. The standard InChI is InChI=1S/C19H28O3.C8H6O4/c1-2-19(20)22-17-13-8-6-4-3-5-7-12-16-21-18-14-10-9-11-15-18;9-7(10)5-3-1-2-4-6(5)8(11)12/h2,9-11,14-15H,1,3-8,12-13,16-17H2;1-4H,(H,9,10)(H,11,12)/p-1. The number of benzene rings is 2. The average Bonchev–Trinajstić information content (AvgIpc) is 2.85. The first kappa shape index (κ1) is 28.4. The zero-order valence-electron chi connectivity index (χ0n) is 19.4. The van der Waals surface area contributed by atoms with Crippen molar-refractivity contribution in [1.29, 1.82) is 0 Å². The van der Waals surface area contributed by atoms with E-state index in [-0.39, 0.29) is 17.1 Å². The van der Waals surface area contributed by atoms with Gasteiger partial charge in [-0.25, -0.2) is 9.59 Å². The van der Waals surface area contributed by atoms with E-state index in [0.29, 0.717) is 6.61 Å². The summed E-state index contributed by atoms with van der Waals surface area (Å²) < 4.78 is 10.6. The molecule has 0 radical (unpaired) electrons. The SMILES string of the molecule is C=CC(=O)OCCCCCCCCCCOc1ccccc1.O=C([O-])c1ccccc1C(=O)O. The van der Waals surface area contributed by atoms with E-state index in [0.717, 1.165) is 31.6 Å². The molecule has 2 rings (SSSR count). The Bertz CT molecular complexity index is 845. The third kappa shape index (κ3) is 13.1. The molecule has 0 unspecified atom stereocenters. The Morgan fingerprint density at radius 2 is 1.26 bits per heavy atom. The molecule has 0 saturated heterocycles. The zero-order chi connectivity index (χ0) is 25.0. The highest BCUT2D eigenvalue weighted by Gasteiger charge is 2.08. The second-order valence-corrected chi connectivity index (χ2v) is 7.50. The molecule has 7 nitrogen and oxygen atoms in total. The fourth-order valence-electron chi connectivity index (χ4n) is 3.05. The molecule has 0 spiro atoms. The van der Waals surface area contributed by atoms with Crippen LogP contribution in [0.5, 0.6) is 5.75 Å². The summed E-state index contributed by atoms with van der Waals surface area (Å²) >= 11 is 0. The summed E-state index contributed by atoms with van der Waals surface area (Å²) in [7, 11) is 0. The highest BCUT2D eigenvalue weighted by atomic mass is 16.5. The highest BCUT2D eigenvalue weighted by Crippen LogP contribution is 2.11. The van der Waals surface area contributed by atoms with E-state index >= 15 is 0 Å². The minimum Gasteiger partial charge on any atom is -0.545 e. The van der Waals surface area contributed by atoms with E-state index in [1.165, 1.54) is 62.4 Å². The zero-order valence-corrected chi connectivity index (χ0v) is 19.4. The molecule has 0 heterocycles. The van der Waals surface area contributed by atoms with E-state index in [9.17, 15) is 19.5 Å². The van der Waals surface area contributed by atoms with Crippen molar-refractivity contribution in [3.63, 3.8) is 0 Å². The van der Waals surface area contributed by atoms with E-state index in [1.54, 1.807) is 0 Å². The molecule has 7 heteroatoms. The van der Waals surface area contributed by atoms with Crippen LogP contribution in [0.1, 0.15) is 72.1 Å². The second-order valence-electron chi connectivity index (χ2n) is 7.50. The molecule has 0 bridgehead atoms. The number of ether oxygens (including phenoxy) is 2. The molecule has 2 aromatic rings. The smallest absolute Gasteiger partial charge is 0.336 e. The second kappa shape index (κ2) is 17.9. The molecule has 0 aromatic heterocycles. The fourth-order valence-corrected chi connectivity index (χ4v) is 3.05. The number of hydrogen-bond acceptors (Lipinski definition) is 6. The number of para-hydroxylation sites is 1. The van der Waals surface area contributed by atoms with Gasteiger partial charge in [-0.1, -0.05) is 81.5 Å². The van der Waals surface area contributed by atoms with Crippen molar-refractivity contribution >= 4 is 17.9 Å². The van der Waals surface area contributed by atoms with Crippen LogP contribution in [-0.2, 0) is 9.53 Å². The summed E-state index contributed by atoms with van der Waals surface area (Å²) in [4.78, 5) is 31.6. The number of aromatic carboxylic acids is 2. The number of carboxylic acids is 2. The first-order valence-electron chi connectivity index (χ1n) is 11.5. The van der Waals surface area contributed by atoms with Gasteiger partial charge in [-0.3, -0.25) is 0 Å². The summed E-state index contributed by atoms with van der Waals surface area (Å²) in [5, 5.41) is 18.9. The van der Waals surface area contributed by atoms with Crippen LogP contribution in [0, 0.1) is 0 Å². The third-order valence-electron chi connectivity index (χ3n) is 4.84. The summed E-state index contributed by atoms with van der Waals surface area (Å²) in [6.07, 6.45) is 10.6. The van der Waals surface area contributed by atoms with Gasteiger partial charge in [0, 0.05) is 11.6 Å². The Balaban J connectivity index is 0.000000404. The largest absolute Gasteiger partial charge is 0.545 e. The van der Waals surface area contributed by atoms with Crippen LogP contribution in [0.4, 0.5) is 0 Å². The van der Waals surface area contributed by atoms with Gasteiger partial charge in [-0.15, -0.1) is 0 Å². The van der Waals surface area contributed by atoms with E-state index in [1.807, 2.05) is 30.3 Å². The number of hydrogen-bond donors (Lipinski definition) is 1. The molecule has 0 fully saturated rings. The Hall–Kier alpha value is -3.61. The van der Waals surface area contributed by atoms with Gasteiger partial charge in [0.2, 0.25) is 0 Å². The van der Waals surface area contributed by atoms with E-state index < -0.39 is 11.9 Å². The molecule has 0 aliphatic heterocycles. The first-order valence-corrected chi connectivity index (χ1v) is 11.5. The molecule has 0 atom stereocenters. The van der Waals surface area contributed by atoms with Crippen molar-refractivity contribution in [3.05, 3.63) is 78.4 Å². The Kier molecular flexibility index (Phi) is 15.0. The lowest BCUT2D eigenvalue weighted by Gasteiger charge is -2.06. The van der Waals surface area contributed by atoms with Crippen molar-refractivity contribution < 1.29 is 34.1 Å². The van der Waals surface area contributed by atoms with Crippen LogP contribution in [0.2, 0.25) is 0 Å². The normalized spacial score (nSPS) is 9.88. The number of rotatable bonds is 15. The van der Waals surface area contributed by atoms with Crippen molar-refractivity contribution in [2.45, 2.75) is 51.4 Å². The Labute approximate surface area is 201 Å². The van der Waals surface area contributed by atoms with E-state index in [4.69, 9.17) is 14.6 Å². The van der Waals surface area contributed by atoms with Crippen LogP contribution in [0.3, 0.4) is 0 Å². The fraction of sp³-hybridized carbons (Fsp3) is 0.370. The average molecular weight is 470 g/mol. The lowest BCUT2D eigenvalue weighted by atomic mass is 10.1. The van der Waals surface area contributed by atoms with Gasteiger partial charge in [0.05, 0.1) is 24.7 Å². The van der Waals surface area contributed by atoms with Crippen molar-refractivity contribution in [2.24, 2.45) is 0 Å². The maximum absolute atomic E-state index is 10.8. The lowest BCUT2D eigenvalue weighted by Crippen LogP contribution is -2.24. The van der Waals surface area contributed by atoms with Crippen LogP contribution in [-0.4, -0.2) is 36.2 Å². The molecular weight excluding hydrogens is 436 g/mol. The molecule has 2 aromatic carbocycles. The molecule has 34 heavy (non-hydrogen) atoms. The predicted molar refractivity (Wildman–Crippen MR) is 128 cm³/mol. The first-order chi connectivity index (χ1) is 16.5. The van der Waals surface area contributed by atoms with Crippen molar-refractivity contribution in [2.75, 3.05) is 13.2 Å². The summed E-state index contributed by atoms with van der Waals surface area (Å²) in [6, 6.07) is 15.3. The van der Waals surface area contributed by atoms with Crippen LogP contribution >= 0.6 is 0 Å². The molecule has 184 valence electrons. The topological polar surface area (TPSA) is 113 Å². The maximum atomic E-state index is 10.8. The maximum Gasteiger partial charge on any atom is 0.336 e. The number of carboxylic acid groups (broad SMARTS) is 2. The molecular formula is C27H33O7-. The Morgan fingerprint density at radius 3 is 1.76 bits per heavy atom. The molecule has 0 aliphatic carbocycles. The minimum atomic E-state index is -1.48. The Morgan fingerprint density at radius 1 is 0.765 bits per heavy atom. The summed E-state index contributed by atoms with van der Waals surface area (Å²) in [5.74, 6) is -2.11. The number of carbonyl (C=O) groups excluding carboxylic acids is 2. The molecule has 0 amide bonds. The monoisotopic (exact) mass is 469 g/mol. The van der Waals surface area contributed by atoms with Crippen LogP contribution < -0.4 is 9.84 Å². The van der Waals surface area contributed by atoms with Crippen molar-refractivity contribution in [3.8, 4) is 5.75 Å². The molecule has 0 aliphatic rings.